The number of nitrogens with one attached hydrogen (secondary N) is 1. The van der Waals surface area contributed by atoms with Crippen molar-refractivity contribution in [3.8, 4) is 0 Å². The minimum Gasteiger partial charge on any atom is -0.372 e. The Morgan fingerprint density at radius 3 is 2.68 bits per heavy atom. The molecule has 1 aromatic carbocycles. The van der Waals surface area contributed by atoms with Crippen LogP contribution in [0.4, 0.5) is 4.39 Å². The van der Waals surface area contributed by atoms with Crippen molar-refractivity contribution in [3.05, 3.63) is 65.8 Å². The van der Waals surface area contributed by atoms with Crippen molar-refractivity contribution in [1.29, 1.82) is 0 Å². The molecule has 1 aliphatic heterocycles. The molecular formula is C21H28FN3. The summed E-state index contributed by atoms with van der Waals surface area (Å²) in [6.45, 7) is 14.7. The van der Waals surface area contributed by atoms with Crippen LogP contribution in [0.25, 0.3) is 5.57 Å². The number of halogens is 1. The molecule has 3 nitrogen and oxygen atoms in total. The Hall–Kier alpha value is -2.20. The van der Waals surface area contributed by atoms with E-state index in [0.717, 1.165) is 42.2 Å². The minimum atomic E-state index is -0.221. The van der Waals surface area contributed by atoms with Gasteiger partial charge in [-0.25, -0.2) is 4.39 Å². The molecule has 4 heteroatoms. The van der Waals surface area contributed by atoms with Crippen LogP contribution >= 0.6 is 0 Å². The lowest BCUT2D eigenvalue weighted by molar-refractivity contribution is 0.256. The SMILES string of the molecule is C=CN=C(C)C(/C(=C\C)c1ccccc1F)=C(\C)N1CCNC(C)C1. The fourth-order valence-electron chi connectivity index (χ4n) is 3.36. The zero-order valence-electron chi connectivity index (χ0n) is 15.6. The molecule has 1 unspecified atom stereocenters. The van der Waals surface area contributed by atoms with Crippen LogP contribution in [0.15, 0.2) is 59.4 Å². The number of piperazine rings is 1. The van der Waals surface area contributed by atoms with Gasteiger partial charge in [0.1, 0.15) is 5.82 Å². The molecule has 25 heavy (non-hydrogen) atoms. The van der Waals surface area contributed by atoms with Crippen LogP contribution < -0.4 is 5.32 Å². The van der Waals surface area contributed by atoms with Gasteiger partial charge < -0.3 is 10.2 Å². The van der Waals surface area contributed by atoms with Gasteiger partial charge in [-0.2, -0.15) is 0 Å². The topological polar surface area (TPSA) is 27.6 Å². The average Bonchev–Trinajstić information content (AvgIpc) is 2.60. The molecule has 2 rings (SSSR count). The zero-order chi connectivity index (χ0) is 18.4. The van der Waals surface area contributed by atoms with E-state index in [2.05, 4.69) is 35.6 Å². The molecule has 0 aromatic heterocycles. The fourth-order valence-corrected chi connectivity index (χ4v) is 3.36. The number of allylic oxidation sites excluding steroid dienone is 4. The molecule has 0 aliphatic carbocycles. The Morgan fingerprint density at radius 1 is 1.36 bits per heavy atom. The van der Waals surface area contributed by atoms with E-state index in [0.29, 0.717) is 11.6 Å². The van der Waals surface area contributed by atoms with E-state index in [1.54, 1.807) is 6.07 Å². The molecule has 1 atom stereocenters. The largest absolute Gasteiger partial charge is 0.372 e. The van der Waals surface area contributed by atoms with Crippen LogP contribution in [0.3, 0.4) is 0 Å². The summed E-state index contributed by atoms with van der Waals surface area (Å²) in [5, 5.41) is 3.46. The first-order valence-corrected chi connectivity index (χ1v) is 8.76. The van der Waals surface area contributed by atoms with Crippen LogP contribution in [0.1, 0.15) is 33.3 Å². The van der Waals surface area contributed by atoms with Crippen LogP contribution in [0.2, 0.25) is 0 Å². The number of nitrogens with zero attached hydrogens (tertiary/aromatic N) is 2. The maximum atomic E-state index is 14.5. The van der Waals surface area contributed by atoms with Gasteiger partial charge in [-0.1, -0.05) is 30.9 Å². The maximum absolute atomic E-state index is 14.5. The Morgan fingerprint density at radius 2 is 2.08 bits per heavy atom. The van der Waals surface area contributed by atoms with Gasteiger partial charge >= 0.3 is 0 Å². The monoisotopic (exact) mass is 341 g/mol. The summed E-state index contributed by atoms with van der Waals surface area (Å²) in [5.41, 5.74) is 4.40. The minimum absolute atomic E-state index is 0.221. The quantitative estimate of drug-likeness (QED) is 0.635. The Labute approximate surface area is 150 Å². The molecule has 1 aliphatic rings. The van der Waals surface area contributed by atoms with Gasteiger partial charge in [0.25, 0.3) is 0 Å². The number of aliphatic imine (C=N–C) groups is 1. The van der Waals surface area contributed by atoms with E-state index >= 15 is 0 Å². The molecule has 1 heterocycles. The number of hydrogen-bond acceptors (Lipinski definition) is 3. The van der Waals surface area contributed by atoms with E-state index in [-0.39, 0.29) is 5.82 Å². The van der Waals surface area contributed by atoms with Crippen molar-refractivity contribution >= 4 is 11.3 Å². The first kappa shape index (κ1) is 19.1. The third-order valence-corrected chi connectivity index (χ3v) is 4.57. The van der Waals surface area contributed by atoms with Gasteiger partial charge in [0.15, 0.2) is 0 Å². The van der Waals surface area contributed by atoms with Crippen molar-refractivity contribution in [2.24, 2.45) is 4.99 Å². The standard InChI is InChI=1S/C21H28FN3/c1-6-18(19-10-8-9-11-20(19)22)21(16(4)23-7-2)17(5)25-13-12-24-15(3)14-25/h6-11,15,24H,2,12-14H2,1,3-5H3/b18-6-,21-17-,23-16?. The first-order chi connectivity index (χ1) is 12.0. The van der Waals surface area contributed by atoms with E-state index < -0.39 is 0 Å². The maximum Gasteiger partial charge on any atom is 0.131 e. The zero-order valence-corrected chi connectivity index (χ0v) is 15.6. The molecule has 0 radical (unpaired) electrons. The summed E-state index contributed by atoms with van der Waals surface area (Å²) in [4.78, 5) is 6.75. The molecule has 1 aromatic rings. The van der Waals surface area contributed by atoms with Crippen LogP contribution in [-0.4, -0.2) is 36.3 Å². The molecule has 0 amide bonds. The van der Waals surface area contributed by atoms with Gasteiger partial charge in [-0.05, 0) is 39.3 Å². The highest BCUT2D eigenvalue weighted by molar-refractivity contribution is 6.12. The second-order valence-corrected chi connectivity index (χ2v) is 6.34. The number of rotatable bonds is 5. The second-order valence-electron chi connectivity index (χ2n) is 6.34. The number of hydrogen-bond donors (Lipinski definition) is 1. The molecule has 134 valence electrons. The molecule has 0 saturated carbocycles. The van der Waals surface area contributed by atoms with E-state index in [1.807, 2.05) is 32.1 Å². The lowest BCUT2D eigenvalue weighted by Gasteiger charge is -2.36. The lowest BCUT2D eigenvalue weighted by atomic mass is 9.92. The van der Waals surface area contributed by atoms with Gasteiger partial charge in [-0.15, -0.1) is 0 Å². The Bertz CT molecular complexity index is 716. The van der Waals surface area contributed by atoms with Crippen LogP contribution in [0, 0.1) is 5.82 Å². The summed E-state index contributed by atoms with van der Waals surface area (Å²) in [5.74, 6) is -0.221. The lowest BCUT2D eigenvalue weighted by Crippen LogP contribution is -2.48. The highest BCUT2D eigenvalue weighted by Gasteiger charge is 2.22. The molecule has 1 saturated heterocycles. The number of benzene rings is 1. The van der Waals surface area contributed by atoms with E-state index in [9.17, 15) is 4.39 Å². The predicted molar refractivity (Wildman–Crippen MR) is 105 cm³/mol. The second kappa shape index (κ2) is 8.77. The third kappa shape index (κ3) is 4.45. The van der Waals surface area contributed by atoms with Crippen molar-refractivity contribution in [3.63, 3.8) is 0 Å². The van der Waals surface area contributed by atoms with Crippen LogP contribution in [0.5, 0.6) is 0 Å². The third-order valence-electron chi connectivity index (χ3n) is 4.57. The molecule has 1 N–H and O–H groups in total. The van der Waals surface area contributed by atoms with E-state index in [1.165, 1.54) is 12.3 Å². The smallest absolute Gasteiger partial charge is 0.131 e. The Kier molecular flexibility index (Phi) is 6.71. The Balaban J connectivity index is 2.59. The normalized spacial score (nSPS) is 20.4. The van der Waals surface area contributed by atoms with E-state index in [4.69, 9.17) is 0 Å². The van der Waals surface area contributed by atoms with Crippen molar-refractivity contribution in [2.45, 2.75) is 33.7 Å². The molecule has 1 fully saturated rings. The highest BCUT2D eigenvalue weighted by Crippen LogP contribution is 2.30. The van der Waals surface area contributed by atoms with Gasteiger partial charge in [0.05, 0.1) is 0 Å². The average molecular weight is 341 g/mol. The fraction of sp³-hybridized carbons (Fsp3) is 0.381. The van der Waals surface area contributed by atoms with Crippen molar-refractivity contribution in [1.82, 2.24) is 10.2 Å². The summed E-state index contributed by atoms with van der Waals surface area (Å²) < 4.78 is 14.5. The molecule has 0 bridgehead atoms. The van der Waals surface area contributed by atoms with Gasteiger partial charge in [0.2, 0.25) is 0 Å². The van der Waals surface area contributed by atoms with Crippen molar-refractivity contribution in [2.75, 3.05) is 19.6 Å². The van der Waals surface area contributed by atoms with Gasteiger partial charge in [0, 0.05) is 54.4 Å². The van der Waals surface area contributed by atoms with Crippen molar-refractivity contribution < 1.29 is 4.39 Å². The summed E-state index contributed by atoms with van der Waals surface area (Å²) in [6.07, 6.45) is 3.50. The molecule has 0 spiro atoms. The first-order valence-electron chi connectivity index (χ1n) is 8.76. The predicted octanol–water partition coefficient (Wildman–Crippen LogP) is 4.40. The summed E-state index contributed by atoms with van der Waals surface area (Å²) in [6, 6.07) is 7.31. The molecular weight excluding hydrogens is 313 g/mol. The van der Waals surface area contributed by atoms with Crippen LogP contribution in [-0.2, 0) is 0 Å². The summed E-state index contributed by atoms with van der Waals surface area (Å²) in [7, 11) is 0. The van der Waals surface area contributed by atoms with Gasteiger partial charge in [-0.3, -0.25) is 4.99 Å². The summed E-state index contributed by atoms with van der Waals surface area (Å²) >= 11 is 0. The highest BCUT2D eigenvalue weighted by atomic mass is 19.1.